The Morgan fingerprint density at radius 1 is 0.447 bits per heavy atom. The maximum atomic E-state index is 15.1. The first kappa shape index (κ1) is 87.1. The summed E-state index contributed by atoms with van der Waals surface area (Å²) in [7, 11) is 11.3. The van der Waals surface area contributed by atoms with Crippen molar-refractivity contribution in [2.24, 2.45) is 41.4 Å². The summed E-state index contributed by atoms with van der Waals surface area (Å²) in [6.45, 7) is 29.3. The van der Waals surface area contributed by atoms with Gasteiger partial charge in [-0.25, -0.2) is 4.79 Å². The molecule has 12 atom stereocenters. The maximum absolute atomic E-state index is 15.1. The van der Waals surface area contributed by atoms with Gasteiger partial charge >= 0.3 is 5.97 Å². The number of ether oxygens (including phenoxy) is 1. The Kier molecular flexibility index (Phi) is 38.8. The monoisotopic (exact) mass is 1350 g/mol. The number of halogens is 1. The van der Waals surface area contributed by atoms with Crippen molar-refractivity contribution in [1.29, 1.82) is 0 Å². The van der Waals surface area contributed by atoms with Crippen LogP contribution >= 0.6 is 11.6 Å². The first-order valence-corrected chi connectivity index (χ1v) is 33.6. The van der Waals surface area contributed by atoms with Gasteiger partial charge in [0.1, 0.15) is 66.3 Å². The molecule has 94 heavy (non-hydrogen) atoms. The molecule has 0 aliphatic heterocycles. The second-order valence-electron chi connectivity index (χ2n) is 27.2. The van der Waals surface area contributed by atoms with Gasteiger partial charge in [-0.1, -0.05) is 109 Å². The highest BCUT2D eigenvalue weighted by Gasteiger charge is 2.43. The molecule has 0 aliphatic carbocycles. The molecule has 0 aromatic rings. The Hall–Kier alpha value is -6.86. The lowest BCUT2D eigenvalue weighted by Gasteiger charge is -2.41. The van der Waals surface area contributed by atoms with E-state index in [4.69, 9.17) is 11.6 Å². The van der Waals surface area contributed by atoms with Crippen LogP contribution in [0.2, 0.25) is 0 Å². The Bertz CT molecular complexity index is 2580. The third-order valence-corrected chi connectivity index (χ3v) is 17.3. The summed E-state index contributed by atoms with van der Waals surface area (Å²) in [4.78, 5) is 189. The van der Waals surface area contributed by atoms with Crippen LogP contribution in [0.4, 0.5) is 0 Å². The molecule has 538 valence electrons. The van der Waals surface area contributed by atoms with E-state index in [1.807, 2.05) is 88.3 Å². The van der Waals surface area contributed by atoms with Crippen molar-refractivity contribution in [1.82, 2.24) is 60.9 Å². The highest BCUT2D eigenvalue weighted by molar-refractivity contribution is 6.27. The van der Waals surface area contributed by atoms with E-state index in [2.05, 4.69) is 31.3 Å². The van der Waals surface area contributed by atoms with E-state index in [1.165, 1.54) is 107 Å². The van der Waals surface area contributed by atoms with E-state index in [1.54, 1.807) is 20.8 Å². The topological polar surface area (TPSA) is 314 Å². The van der Waals surface area contributed by atoms with E-state index in [9.17, 15) is 52.7 Å². The predicted octanol–water partition coefficient (Wildman–Crippen LogP) is 3.81. The van der Waals surface area contributed by atoms with Crippen molar-refractivity contribution >= 4 is 88.5 Å². The number of amides is 12. The minimum Gasteiger partial charge on any atom is -0.467 e. The minimum atomic E-state index is -1.24. The molecular formula is C67H119ClN12O14. The molecular weight excluding hydrogens is 1230 g/mol. The fraction of sp³-hybridized carbons (Fsp3) is 0.776. The summed E-state index contributed by atoms with van der Waals surface area (Å²) in [5.41, 5.74) is 0. The maximum Gasteiger partial charge on any atom is 0.328 e. The van der Waals surface area contributed by atoms with Gasteiger partial charge in [0.25, 0.3) is 0 Å². The molecule has 5 N–H and O–H groups in total. The van der Waals surface area contributed by atoms with E-state index >= 15 is 9.59 Å². The number of likely N-dealkylation sites (N-methyl/N-ethyl adjacent to an activating group) is 7. The molecule has 0 spiro atoms. The van der Waals surface area contributed by atoms with Gasteiger partial charge in [0.2, 0.25) is 70.9 Å². The summed E-state index contributed by atoms with van der Waals surface area (Å²) < 4.78 is 4.66. The zero-order valence-corrected chi connectivity index (χ0v) is 62.0. The number of hydrogen-bond acceptors (Lipinski definition) is 14. The first-order chi connectivity index (χ1) is 43.5. The number of esters is 1. The van der Waals surface area contributed by atoms with Crippen LogP contribution in [-0.2, 0) is 67.1 Å². The van der Waals surface area contributed by atoms with E-state index < -0.39 is 162 Å². The van der Waals surface area contributed by atoms with Crippen molar-refractivity contribution < 1.29 is 67.1 Å². The van der Waals surface area contributed by atoms with Crippen LogP contribution in [0.15, 0.2) is 12.2 Å². The van der Waals surface area contributed by atoms with Crippen LogP contribution in [0.25, 0.3) is 0 Å². The van der Waals surface area contributed by atoms with Crippen LogP contribution in [0, 0.1) is 41.4 Å². The number of rotatable bonds is 40. The molecule has 2 unspecified atom stereocenters. The fourth-order valence-electron chi connectivity index (χ4n) is 11.1. The van der Waals surface area contributed by atoms with Crippen LogP contribution < -0.4 is 26.6 Å². The molecule has 26 nitrogen and oxygen atoms in total. The van der Waals surface area contributed by atoms with Crippen LogP contribution in [0.3, 0.4) is 0 Å². The molecule has 0 bridgehead atoms. The van der Waals surface area contributed by atoms with Crippen LogP contribution in [0.1, 0.15) is 163 Å². The number of carbonyl (C=O) groups is 13. The van der Waals surface area contributed by atoms with Gasteiger partial charge in [0, 0.05) is 49.3 Å². The molecule has 0 fully saturated rings. The lowest BCUT2D eigenvalue weighted by Crippen LogP contribution is -2.61. The van der Waals surface area contributed by atoms with Gasteiger partial charge < -0.3 is 65.6 Å². The number of alkyl halides is 1. The summed E-state index contributed by atoms with van der Waals surface area (Å²) in [5, 5.41) is 13.4. The summed E-state index contributed by atoms with van der Waals surface area (Å²) in [6, 6.07) is -11.1. The molecule has 0 heterocycles. The Morgan fingerprint density at radius 3 is 1.37 bits per heavy atom. The van der Waals surface area contributed by atoms with E-state index in [0.717, 1.165) is 4.90 Å². The lowest BCUT2D eigenvalue weighted by molar-refractivity contribution is -0.154. The molecule has 0 saturated heterocycles. The minimum absolute atomic E-state index is 0.00686. The van der Waals surface area contributed by atoms with Gasteiger partial charge in [-0.3, -0.25) is 57.5 Å². The van der Waals surface area contributed by atoms with Gasteiger partial charge in [-0.2, -0.15) is 0 Å². The number of methoxy groups -OCH3 is 1. The number of nitrogens with zero attached hydrogens (tertiary/aromatic N) is 7. The van der Waals surface area contributed by atoms with Crippen molar-refractivity contribution in [2.75, 3.05) is 75.4 Å². The largest absolute Gasteiger partial charge is 0.467 e. The van der Waals surface area contributed by atoms with E-state index in [0.29, 0.717) is 19.3 Å². The average molecular weight is 1350 g/mol. The number of hydrogen-bond donors (Lipinski definition) is 5. The zero-order valence-electron chi connectivity index (χ0n) is 61.3. The molecule has 0 radical (unpaired) electrons. The number of nitrogens with one attached hydrogen (secondary N) is 5. The summed E-state index contributed by atoms with van der Waals surface area (Å²) in [5.74, 6) is -9.76. The summed E-state index contributed by atoms with van der Waals surface area (Å²) in [6.07, 6.45) is 5.71. The molecule has 27 heteroatoms. The van der Waals surface area contributed by atoms with Crippen LogP contribution in [0.5, 0.6) is 0 Å². The second-order valence-corrected chi connectivity index (χ2v) is 27.5. The van der Waals surface area contributed by atoms with Gasteiger partial charge in [-0.15, -0.1) is 11.6 Å². The fourth-order valence-corrected chi connectivity index (χ4v) is 11.3. The highest BCUT2D eigenvalue weighted by atomic mass is 35.5. The number of allylic oxidation sites excluding steroid dienone is 2. The Balaban J connectivity index is 6.87. The molecule has 0 aliphatic rings. The third kappa shape index (κ3) is 27.1. The SMILES string of the molecule is C/C=C/C[C@@H](C)C[C@@H](C(=O)N[C@@H](CC)C(=O)N(C)CC(=O)N[C@@H](C)C(=O)OC)N(C)C(=O)CN(C)C(=O)[C@H](C(CC)C(C)C)N(C)C(=O)[C@H](CC(C)C)N(C)C(=O)[C@@H](C)NC(=O)[C@H](C)NC(=O)[C@H](CC(C)C)N(C)C(=O)C(NC(=O)[C@H](CC(C)C)N(C)C(=O)CCl)C(C)C. The smallest absolute Gasteiger partial charge is 0.328 e. The van der Waals surface area contributed by atoms with Crippen molar-refractivity contribution in [3.63, 3.8) is 0 Å². The van der Waals surface area contributed by atoms with Gasteiger partial charge in [0.05, 0.1) is 20.2 Å². The normalized spacial score (nSPS) is 15.4. The standard InChI is InChI=1S/C67H119ClN12O14/c1-26-29-30-43(14)34-51(60(86)72-48(28-3)63(89)74(18)36-53(81)69-46(17)67(93)94-25)77(21)55(83)37-75(19)66(92)57(47(27-2)41(10)11)80(24)64(90)52(33-40(8)9)79(23)62(88)45(16)71-58(84)44(15)70-59(85)50(32-39(6)7)78(22)65(91)56(42(12)13)73-61(87)49(31-38(4)5)76(20)54(82)35-68/h26,29,38-52,56-57H,27-28,30-37H2,1-25H3,(H,69,81)(H,70,85)(H,71,84)(H,72,86)(H,73,87)/b29-26+/t43-,44+,45-,46+,47?,48+,49+,50+,51+,52+,56?,57+/m1/s1. The Morgan fingerprint density at radius 2 is 0.904 bits per heavy atom. The van der Waals surface area contributed by atoms with Crippen molar-refractivity contribution in [3.05, 3.63) is 12.2 Å². The van der Waals surface area contributed by atoms with Gasteiger partial charge in [0.15, 0.2) is 0 Å². The molecule has 0 aromatic carbocycles. The lowest BCUT2D eigenvalue weighted by atomic mass is 9.84. The predicted molar refractivity (Wildman–Crippen MR) is 363 cm³/mol. The highest BCUT2D eigenvalue weighted by Crippen LogP contribution is 2.28. The zero-order chi connectivity index (χ0) is 73.1. The summed E-state index contributed by atoms with van der Waals surface area (Å²) >= 11 is 5.84. The molecule has 0 rings (SSSR count). The molecule has 0 aromatic heterocycles. The number of carbonyl (C=O) groups excluding carboxylic acids is 13. The molecule has 0 saturated carbocycles. The quantitative estimate of drug-likeness (QED) is 0.0331. The Labute approximate surface area is 566 Å². The van der Waals surface area contributed by atoms with Crippen LogP contribution in [-0.4, -0.2) is 247 Å². The second kappa shape index (κ2) is 41.9. The van der Waals surface area contributed by atoms with E-state index in [-0.39, 0.29) is 61.2 Å². The van der Waals surface area contributed by atoms with Crippen molar-refractivity contribution in [3.8, 4) is 0 Å². The average Bonchev–Trinajstić information content (AvgIpc) is 0.818. The first-order valence-electron chi connectivity index (χ1n) is 33.1. The van der Waals surface area contributed by atoms with Crippen molar-refractivity contribution in [2.45, 2.75) is 223 Å². The molecule has 12 amide bonds. The third-order valence-electron chi connectivity index (χ3n) is 17.1. The van der Waals surface area contributed by atoms with Gasteiger partial charge in [-0.05, 0) is 108 Å².